The van der Waals surface area contributed by atoms with Crippen molar-refractivity contribution >= 4 is 0 Å². The maximum atomic E-state index is 5.91. The van der Waals surface area contributed by atoms with Gasteiger partial charge in [-0.1, -0.05) is 63.2 Å². The van der Waals surface area contributed by atoms with Crippen LogP contribution in [-0.2, 0) is 0 Å². The van der Waals surface area contributed by atoms with Crippen LogP contribution in [0.1, 0.15) is 20.8 Å². The second kappa shape index (κ2) is 7.84. The summed E-state index contributed by atoms with van der Waals surface area (Å²) in [4.78, 5) is 0. The van der Waals surface area contributed by atoms with Crippen LogP contribution in [0.15, 0.2) is 54.6 Å². The van der Waals surface area contributed by atoms with Gasteiger partial charge in [-0.05, 0) is 35.7 Å². The van der Waals surface area contributed by atoms with Gasteiger partial charge in [-0.3, -0.25) is 0 Å². The number of benzene rings is 2. The maximum absolute atomic E-state index is 5.91. The first-order chi connectivity index (χ1) is 10.2. The Morgan fingerprint density at radius 1 is 0.905 bits per heavy atom. The van der Waals surface area contributed by atoms with Gasteiger partial charge in [0.25, 0.3) is 0 Å². The van der Waals surface area contributed by atoms with Crippen LogP contribution in [-0.4, -0.2) is 19.2 Å². The van der Waals surface area contributed by atoms with Crippen LogP contribution in [0.3, 0.4) is 0 Å². The predicted octanol–water partition coefficient (Wildman–Crippen LogP) is 4.37. The van der Waals surface area contributed by atoms with E-state index in [1.807, 2.05) is 18.2 Å². The average Bonchev–Trinajstić information content (AvgIpc) is 2.52. The van der Waals surface area contributed by atoms with Gasteiger partial charge in [0.2, 0.25) is 0 Å². The molecular formula is C19H25NO. The van der Waals surface area contributed by atoms with Gasteiger partial charge < -0.3 is 10.1 Å². The van der Waals surface area contributed by atoms with Crippen molar-refractivity contribution in [3.05, 3.63) is 54.6 Å². The molecule has 2 aromatic carbocycles. The molecule has 0 amide bonds. The molecule has 0 saturated heterocycles. The zero-order valence-corrected chi connectivity index (χ0v) is 13.2. The Kier molecular flexibility index (Phi) is 5.82. The number of hydrogen-bond donors (Lipinski definition) is 1. The standard InChI is InChI=1S/C19H25NO/c1-4-20-19(15(2)3)14-21-18-12-10-17(11-13-18)16-8-6-5-7-9-16/h5-13,15,19-20H,4,14H2,1-3H3. The van der Waals surface area contributed by atoms with Crippen molar-refractivity contribution in [3.8, 4) is 16.9 Å². The summed E-state index contributed by atoms with van der Waals surface area (Å²) >= 11 is 0. The number of likely N-dealkylation sites (N-methyl/N-ethyl adjacent to an activating group) is 1. The van der Waals surface area contributed by atoms with Crippen LogP contribution in [0.5, 0.6) is 5.75 Å². The Bertz CT molecular complexity index is 519. The fourth-order valence-corrected chi connectivity index (χ4v) is 2.31. The summed E-state index contributed by atoms with van der Waals surface area (Å²) in [5.41, 5.74) is 2.45. The lowest BCUT2D eigenvalue weighted by molar-refractivity contribution is 0.232. The summed E-state index contributed by atoms with van der Waals surface area (Å²) in [6, 6.07) is 19.1. The van der Waals surface area contributed by atoms with Crippen molar-refractivity contribution in [1.29, 1.82) is 0 Å². The van der Waals surface area contributed by atoms with Crippen molar-refractivity contribution in [1.82, 2.24) is 5.32 Å². The first kappa shape index (κ1) is 15.6. The second-order valence-corrected chi connectivity index (χ2v) is 5.61. The lowest BCUT2D eigenvalue weighted by Crippen LogP contribution is -2.38. The molecule has 0 aliphatic carbocycles. The molecule has 2 nitrogen and oxygen atoms in total. The molecular weight excluding hydrogens is 258 g/mol. The molecule has 0 fully saturated rings. The topological polar surface area (TPSA) is 21.3 Å². The van der Waals surface area contributed by atoms with Gasteiger partial charge in [0.1, 0.15) is 12.4 Å². The van der Waals surface area contributed by atoms with E-state index in [1.54, 1.807) is 0 Å². The first-order valence-electron chi connectivity index (χ1n) is 7.72. The molecule has 112 valence electrons. The van der Waals surface area contributed by atoms with Crippen LogP contribution in [0.25, 0.3) is 11.1 Å². The molecule has 0 bridgehead atoms. The lowest BCUT2D eigenvalue weighted by atomic mass is 10.1. The van der Waals surface area contributed by atoms with Crippen molar-refractivity contribution in [2.24, 2.45) is 5.92 Å². The van der Waals surface area contributed by atoms with Gasteiger partial charge in [0.05, 0.1) is 0 Å². The average molecular weight is 283 g/mol. The van der Waals surface area contributed by atoms with E-state index in [9.17, 15) is 0 Å². The van der Waals surface area contributed by atoms with Gasteiger partial charge in [0.15, 0.2) is 0 Å². The fraction of sp³-hybridized carbons (Fsp3) is 0.368. The predicted molar refractivity (Wildman–Crippen MR) is 89.7 cm³/mol. The van der Waals surface area contributed by atoms with E-state index in [4.69, 9.17) is 4.74 Å². The molecule has 21 heavy (non-hydrogen) atoms. The molecule has 1 atom stereocenters. The van der Waals surface area contributed by atoms with Crippen molar-refractivity contribution in [2.75, 3.05) is 13.2 Å². The van der Waals surface area contributed by atoms with Gasteiger partial charge >= 0.3 is 0 Å². The van der Waals surface area contributed by atoms with E-state index in [2.05, 4.69) is 62.5 Å². The van der Waals surface area contributed by atoms with Crippen LogP contribution >= 0.6 is 0 Å². The highest BCUT2D eigenvalue weighted by molar-refractivity contribution is 5.63. The van der Waals surface area contributed by atoms with Gasteiger partial charge in [0, 0.05) is 6.04 Å². The zero-order chi connectivity index (χ0) is 15.1. The molecule has 0 heterocycles. The van der Waals surface area contributed by atoms with E-state index < -0.39 is 0 Å². The lowest BCUT2D eigenvalue weighted by Gasteiger charge is -2.22. The van der Waals surface area contributed by atoms with Crippen LogP contribution in [0, 0.1) is 5.92 Å². The molecule has 2 rings (SSSR count). The van der Waals surface area contributed by atoms with Crippen LogP contribution in [0.4, 0.5) is 0 Å². The highest BCUT2D eigenvalue weighted by Crippen LogP contribution is 2.22. The number of ether oxygens (including phenoxy) is 1. The molecule has 0 aliphatic heterocycles. The second-order valence-electron chi connectivity index (χ2n) is 5.61. The third-order valence-corrected chi connectivity index (χ3v) is 3.66. The van der Waals surface area contributed by atoms with E-state index in [0.29, 0.717) is 18.6 Å². The van der Waals surface area contributed by atoms with E-state index >= 15 is 0 Å². The molecule has 0 spiro atoms. The summed E-state index contributed by atoms with van der Waals surface area (Å²) in [5, 5.41) is 3.46. The number of hydrogen-bond acceptors (Lipinski definition) is 2. The van der Waals surface area contributed by atoms with E-state index in [-0.39, 0.29) is 0 Å². The number of rotatable bonds is 7. The summed E-state index contributed by atoms with van der Waals surface area (Å²) in [6.45, 7) is 8.24. The Hall–Kier alpha value is -1.80. The first-order valence-corrected chi connectivity index (χ1v) is 7.72. The number of nitrogens with one attached hydrogen (secondary N) is 1. The summed E-state index contributed by atoms with van der Waals surface area (Å²) in [7, 11) is 0. The van der Waals surface area contributed by atoms with Crippen molar-refractivity contribution in [3.63, 3.8) is 0 Å². The molecule has 1 unspecified atom stereocenters. The Morgan fingerprint density at radius 2 is 1.52 bits per heavy atom. The molecule has 0 aliphatic rings. The largest absolute Gasteiger partial charge is 0.492 e. The minimum Gasteiger partial charge on any atom is -0.492 e. The summed E-state index contributed by atoms with van der Waals surface area (Å²) in [6.07, 6.45) is 0. The third-order valence-electron chi connectivity index (χ3n) is 3.66. The minimum absolute atomic E-state index is 0.392. The third kappa shape index (κ3) is 4.61. The molecule has 1 N–H and O–H groups in total. The fourth-order valence-electron chi connectivity index (χ4n) is 2.31. The normalized spacial score (nSPS) is 12.4. The van der Waals surface area contributed by atoms with E-state index in [0.717, 1.165) is 12.3 Å². The smallest absolute Gasteiger partial charge is 0.119 e. The summed E-state index contributed by atoms with van der Waals surface area (Å²) < 4.78 is 5.91. The van der Waals surface area contributed by atoms with Gasteiger partial charge in [-0.15, -0.1) is 0 Å². The zero-order valence-electron chi connectivity index (χ0n) is 13.2. The highest BCUT2D eigenvalue weighted by Gasteiger charge is 2.12. The van der Waals surface area contributed by atoms with Crippen LogP contribution < -0.4 is 10.1 Å². The maximum Gasteiger partial charge on any atom is 0.119 e. The quantitative estimate of drug-likeness (QED) is 0.815. The van der Waals surface area contributed by atoms with Gasteiger partial charge in [-0.2, -0.15) is 0 Å². The molecule has 0 aromatic heterocycles. The van der Waals surface area contributed by atoms with Crippen molar-refractivity contribution in [2.45, 2.75) is 26.8 Å². The SMILES string of the molecule is CCNC(COc1ccc(-c2ccccc2)cc1)C(C)C. The minimum atomic E-state index is 0.392. The van der Waals surface area contributed by atoms with Crippen molar-refractivity contribution < 1.29 is 4.74 Å². The Balaban J connectivity index is 1.96. The highest BCUT2D eigenvalue weighted by atomic mass is 16.5. The summed E-state index contributed by atoms with van der Waals surface area (Å²) in [5.74, 6) is 1.49. The molecule has 2 heteroatoms. The Labute approximate surface area is 128 Å². The monoisotopic (exact) mass is 283 g/mol. The van der Waals surface area contributed by atoms with Crippen LogP contribution in [0.2, 0.25) is 0 Å². The van der Waals surface area contributed by atoms with Gasteiger partial charge in [-0.25, -0.2) is 0 Å². The molecule has 0 radical (unpaired) electrons. The molecule has 0 saturated carbocycles. The Morgan fingerprint density at radius 3 is 2.10 bits per heavy atom. The van der Waals surface area contributed by atoms with E-state index in [1.165, 1.54) is 11.1 Å². The molecule has 2 aromatic rings.